The van der Waals surface area contributed by atoms with E-state index >= 15 is 0 Å². The van der Waals surface area contributed by atoms with E-state index in [1.807, 2.05) is 30.3 Å². The van der Waals surface area contributed by atoms with Crippen LogP contribution in [-0.2, 0) is 0 Å². The van der Waals surface area contributed by atoms with Crippen molar-refractivity contribution in [3.8, 4) is 11.1 Å². The Morgan fingerprint density at radius 2 is 1.75 bits per heavy atom. The van der Waals surface area contributed by atoms with Gasteiger partial charge in [-0.3, -0.25) is 0 Å². The first-order valence-electron chi connectivity index (χ1n) is 7.30. The van der Waals surface area contributed by atoms with E-state index in [9.17, 15) is 13.2 Å². The molecular formula is C17H15F3N4. The van der Waals surface area contributed by atoms with Crippen LogP contribution >= 0.6 is 0 Å². The molecule has 7 heteroatoms. The van der Waals surface area contributed by atoms with Crippen LogP contribution in [0.25, 0.3) is 21.9 Å². The summed E-state index contributed by atoms with van der Waals surface area (Å²) in [7, 11) is 1.74. The first-order chi connectivity index (χ1) is 11.5. The van der Waals surface area contributed by atoms with Gasteiger partial charge in [-0.1, -0.05) is 30.3 Å². The lowest BCUT2D eigenvalue weighted by molar-refractivity contribution is -0.115. The Balaban J connectivity index is 2.11. The maximum absolute atomic E-state index is 12.4. The van der Waals surface area contributed by atoms with E-state index in [0.717, 1.165) is 21.9 Å². The van der Waals surface area contributed by atoms with E-state index in [1.54, 1.807) is 19.3 Å². The smallest absolute Gasteiger partial charge is 0.373 e. The number of pyridine rings is 2. The van der Waals surface area contributed by atoms with Crippen molar-refractivity contribution in [2.45, 2.75) is 6.18 Å². The summed E-state index contributed by atoms with van der Waals surface area (Å²) in [6.45, 7) is -1.13. The zero-order valence-corrected chi connectivity index (χ0v) is 12.9. The summed E-state index contributed by atoms with van der Waals surface area (Å²) in [5.41, 5.74) is 1.77. The fraction of sp³-hybridized carbons (Fsp3) is 0.176. The fourth-order valence-corrected chi connectivity index (χ4v) is 2.47. The number of nitrogens with zero attached hydrogens (tertiary/aromatic N) is 2. The monoisotopic (exact) mass is 332 g/mol. The van der Waals surface area contributed by atoms with E-state index in [-0.39, 0.29) is 5.82 Å². The number of hydrogen-bond donors (Lipinski definition) is 2. The van der Waals surface area contributed by atoms with Gasteiger partial charge in [0.1, 0.15) is 18.2 Å². The predicted molar refractivity (Wildman–Crippen MR) is 89.1 cm³/mol. The lowest BCUT2D eigenvalue weighted by atomic mass is 10.0. The normalized spacial score (nSPS) is 11.5. The van der Waals surface area contributed by atoms with Crippen molar-refractivity contribution >= 4 is 22.4 Å². The number of alkyl halides is 3. The van der Waals surface area contributed by atoms with Gasteiger partial charge in [-0.2, -0.15) is 13.2 Å². The number of halogens is 3. The number of hydrogen-bond acceptors (Lipinski definition) is 4. The summed E-state index contributed by atoms with van der Waals surface area (Å²) >= 11 is 0. The van der Waals surface area contributed by atoms with Gasteiger partial charge >= 0.3 is 6.18 Å². The SMILES string of the molecule is CNc1ncc(-c2ccccc2)c2cc(NCC(F)(F)F)ncc12. The topological polar surface area (TPSA) is 49.8 Å². The molecule has 0 saturated heterocycles. The summed E-state index contributed by atoms with van der Waals surface area (Å²) in [5.74, 6) is 0.796. The highest BCUT2D eigenvalue weighted by Gasteiger charge is 2.26. The van der Waals surface area contributed by atoms with Gasteiger partial charge in [-0.15, -0.1) is 0 Å². The molecule has 24 heavy (non-hydrogen) atoms. The average molecular weight is 332 g/mol. The molecule has 0 radical (unpaired) electrons. The zero-order chi connectivity index (χ0) is 17.2. The first-order valence-corrected chi connectivity index (χ1v) is 7.30. The molecule has 0 aliphatic carbocycles. The minimum atomic E-state index is -4.30. The Bertz CT molecular complexity index is 848. The molecule has 0 spiro atoms. The van der Waals surface area contributed by atoms with Gasteiger partial charge in [0.15, 0.2) is 0 Å². The van der Waals surface area contributed by atoms with Gasteiger partial charge in [0, 0.05) is 30.4 Å². The molecule has 2 aromatic heterocycles. The lowest BCUT2D eigenvalue weighted by Gasteiger charge is -2.13. The lowest BCUT2D eigenvalue weighted by Crippen LogP contribution is -2.21. The Kier molecular flexibility index (Phi) is 4.24. The highest BCUT2D eigenvalue weighted by molar-refractivity contribution is 6.02. The molecule has 0 unspecified atom stereocenters. The molecule has 0 saturated carbocycles. The third-order valence-electron chi connectivity index (χ3n) is 3.56. The maximum atomic E-state index is 12.4. The van der Waals surface area contributed by atoms with E-state index in [2.05, 4.69) is 20.6 Å². The standard InChI is InChI=1S/C17H15F3N4/c1-21-16-14-9-22-15(24-10-17(18,19)20)7-12(14)13(8-23-16)11-5-3-2-4-6-11/h2-9H,10H2,1H3,(H,21,23)(H,22,24). The Morgan fingerprint density at radius 3 is 2.42 bits per heavy atom. The average Bonchev–Trinajstić information content (AvgIpc) is 2.59. The molecule has 0 atom stereocenters. The molecule has 3 aromatic rings. The summed E-state index contributed by atoms with van der Waals surface area (Å²) in [6.07, 6.45) is -1.07. The number of benzene rings is 1. The van der Waals surface area contributed by atoms with E-state index < -0.39 is 12.7 Å². The zero-order valence-electron chi connectivity index (χ0n) is 12.9. The Hall–Kier alpha value is -2.83. The summed E-state index contributed by atoms with van der Waals surface area (Å²) in [6, 6.07) is 11.2. The van der Waals surface area contributed by atoms with Crippen molar-refractivity contribution in [2.75, 3.05) is 24.2 Å². The molecule has 1 aromatic carbocycles. The van der Waals surface area contributed by atoms with Gasteiger partial charge < -0.3 is 10.6 Å². The minimum Gasteiger partial charge on any atom is -0.373 e. The summed E-state index contributed by atoms with van der Waals surface area (Å²) in [4.78, 5) is 8.43. The molecule has 0 amide bonds. The molecular weight excluding hydrogens is 317 g/mol. The van der Waals surface area contributed by atoms with Crippen LogP contribution in [-0.4, -0.2) is 29.7 Å². The molecule has 2 N–H and O–H groups in total. The van der Waals surface area contributed by atoms with Crippen LogP contribution in [0.15, 0.2) is 48.8 Å². The highest BCUT2D eigenvalue weighted by atomic mass is 19.4. The summed E-state index contributed by atoms with van der Waals surface area (Å²) in [5, 5.41) is 6.81. The second kappa shape index (κ2) is 6.35. The molecule has 0 aliphatic heterocycles. The second-order valence-corrected chi connectivity index (χ2v) is 5.22. The van der Waals surface area contributed by atoms with Crippen molar-refractivity contribution in [1.82, 2.24) is 9.97 Å². The number of aromatic nitrogens is 2. The van der Waals surface area contributed by atoms with E-state index in [0.29, 0.717) is 5.82 Å². The van der Waals surface area contributed by atoms with Gasteiger partial charge in [0.2, 0.25) is 0 Å². The molecule has 4 nitrogen and oxygen atoms in total. The third kappa shape index (κ3) is 3.40. The first kappa shape index (κ1) is 16.0. The fourth-order valence-electron chi connectivity index (χ4n) is 2.47. The number of fused-ring (bicyclic) bond motifs is 1. The van der Waals surface area contributed by atoms with Crippen LogP contribution in [0.1, 0.15) is 0 Å². The van der Waals surface area contributed by atoms with Crippen LogP contribution in [0.4, 0.5) is 24.8 Å². The number of anilines is 2. The third-order valence-corrected chi connectivity index (χ3v) is 3.56. The van der Waals surface area contributed by atoms with Crippen LogP contribution in [0, 0.1) is 0 Å². The highest BCUT2D eigenvalue weighted by Crippen LogP contribution is 2.32. The van der Waals surface area contributed by atoms with E-state index in [4.69, 9.17) is 0 Å². The van der Waals surface area contributed by atoms with E-state index in [1.165, 1.54) is 6.20 Å². The minimum absolute atomic E-state index is 0.172. The van der Waals surface area contributed by atoms with Crippen molar-refractivity contribution in [2.24, 2.45) is 0 Å². The largest absolute Gasteiger partial charge is 0.405 e. The van der Waals surface area contributed by atoms with Crippen molar-refractivity contribution in [3.63, 3.8) is 0 Å². The molecule has 0 bridgehead atoms. The number of nitrogens with one attached hydrogen (secondary N) is 2. The van der Waals surface area contributed by atoms with Crippen LogP contribution in [0.5, 0.6) is 0 Å². The second-order valence-electron chi connectivity index (χ2n) is 5.22. The van der Waals surface area contributed by atoms with Crippen LogP contribution in [0.2, 0.25) is 0 Å². The molecule has 0 aliphatic rings. The maximum Gasteiger partial charge on any atom is 0.405 e. The number of rotatable bonds is 4. The van der Waals surface area contributed by atoms with Crippen molar-refractivity contribution < 1.29 is 13.2 Å². The molecule has 2 heterocycles. The summed E-state index contributed by atoms with van der Waals surface area (Å²) < 4.78 is 37.2. The quantitative estimate of drug-likeness (QED) is 0.747. The van der Waals surface area contributed by atoms with Crippen LogP contribution < -0.4 is 10.6 Å². The van der Waals surface area contributed by atoms with Crippen molar-refractivity contribution in [1.29, 1.82) is 0 Å². The van der Waals surface area contributed by atoms with Crippen molar-refractivity contribution in [3.05, 3.63) is 48.8 Å². The Morgan fingerprint density at radius 1 is 1.00 bits per heavy atom. The predicted octanol–water partition coefficient (Wildman–Crippen LogP) is 4.31. The molecule has 0 fully saturated rings. The van der Waals surface area contributed by atoms with Gasteiger partial charge in [-0.25, -0.2) is 9.97 Å². The molecule has 124 valence electrons. The van der Waals surface area contributed by atoms with Gasteiger partial charge in [0.05, 0.1) is 0 Å². The molecule has 3 rings (SSSR count). The van der Waals surface area contributed by atoms with Gasteiger partial charge in [-0.05, 0) is 17.0 Å². The Labute approximate surface area is 136 Å². The van der Waals surface area contributed by atoms with Gasteiger partial charge in [0.25, 0.3) is 0 Å². The van der Waals surface area contributed by atoms with Crippen LogP contribution in [0.3, 0.4) is 0 Å².